The molecule has 0 spiro atoms. The van der Waals surface area contributed by atoms with Crippen LogP contribution in [0.4, 0.5) is 5.69 Å². The van der Waals surface area contributed by atoms with Crippen LogP contribution in [0.25, 0.3) is 0 Å². The molecule has 0 aliphatic heterocycles. The second-order valence-corrected chi connectivity index (χ2v) is 3.02. The maximum absolute atomic E-state index is 10.9. The van der Waals surface area contributed by atoms with E-state index in [1.807, 2.05) is 18.2 Å². The Balaban J connectivity index is 2.75. The minimum Gasteiger partial charge on any atom is -0.324 e. The van der Waals surface area contributed by atoms with Crippen molar-refractivity contribution in [2.45, 2.75) is 4.90 Å². The van der Waals surface area contributed by atoms with Gasteiger partial charge in [0.25, 0.3) is 0 Å². The molecule has 1 N–H and O–H groups in total. The maximum atomic E-state index is 10.9. The zero-order valence-corrected chi connectivity index (χ0v) is 8.11. The molecular weight excluding hydrogens is 190 g/mol. The van der Waals surface area contributed by atoms with Crippen LogP contribution in [0, 0.1) is 0 Å². The van der Waals surface area contributed by atoms with Gasteiger partial charge >= 0.3 is 0 Å². The highest BCUT2D eigenvalue weighted by Gasteiger charge is 2.00. The third kappa shape index (κ3) is 2.46. The van der Waals surface area contributed by atoms with E-state index in [-0.39, 0.29) is 11.7 Å². The lowest BCUT2D eigenvalue weighted by Crippen LogP contribution is -2.12. The van der Waals surface area contributed by atoms with Crippen molar-refractivity contribution in [1.29, 1.82) is 0 Å². The fraction of sp³-hybridized carbons (Fsp3) is 0.125. The molecule has 0 saturated heterocycles. The summed E-state index contributed by atoms with van der Waals surface area (Å²) in [6, 6.07) is 7.31. The molecular formula is C8H9NOS2. The Morgan fingerprint density at radius 2 is 2.08 bits per heavy atom. The van der Waals surface area contributed by atoms with Crippen molar-refractivity contribution in [3.63, 3.8) is 0 Å². The van der Waals surface area contributed by atoms with Crippen molar-refractivity contribution in [1.82, 2.24) is 0 Å². The SMILES string of the molecule is O=C(CS)Nc1ccccc1S. The number of carbonyl (C=O) groups excluding carboxylic acids is 1. The molecule has 64 valence electrons. The molecule has 0 bridgehead atoms. The average molecular weight is 199 g/mol. The van der Waals surface area contributed by atoms with Gasteiger partial charge in [-0.15, -0.1) is 12.6 Å². The second kappa shape index (κ2) is 4.42. The van der Waals surface area contributed by atoms with Crippen molar-refractivity contribution < 1.29 is 4.79 Å². The Kier molecular flexibility index (Phi) is 3.49. The summed E-state index contributed by atoms with van der Waals surface area (Å²) < 4.78 is 0. The van der Waals surface area contributed by atoms with E-state index in [9.17, 15) is 4.79 Å². The van der Waals surface area contributed by atoms with Crippen LogP contribution in [0.2, 0.25) is 0 Å². The van der Waals surface area contributed by atoms with Crippen LogP contribution in [0.5, 0.6) is 0 Å². The quantitative estimate of drug-likeness (QED) is 0.623. The Morgan fingerprint density at radius 3 is 2.67 bits per heavy atom. The summed E-state index contributed by atoms with van der Waals surface area (Å²) in [5.74, 6) is 0.0575. The van der Waals surface area contributed by atoms with Gasteiger partial charge < -0.3 is 5.32 Å². The third-order valence-electron chi connectivity index (χ3n) is 1.32. The van der Waals surface area contributed by atoms with Crippen molar-refractivity contribution in [2.24, 2.45) is 0 Å². The molecule has 0 saturated carbocycles. The number of thiol groups is 2. The van der Waals surface area contributed by atoms with Crippen LogP contribution >= 0.6 is 25.3 Å². The normalized spacial score (nSPS) is 9.50. The first-order valence-corrected chi connectivity index (χ1v) is 4.50. The van der Waals surface area contributed by atoms with E-state index in [0.29, 0.717) is 0 Å². The molecule has 0 fully saturated rings. The summed E-state index contributed by atoms with van der Waals surface area (Å²) in [7, 11) is 0. The molecule has 1 aromatic carbocycles. The highest BCUT2D eigenvalue weighted by Crippen LogP contribution is 2.18. The van der Waals surface area contributed by atoms with Crippen molar-refractivity contribution in [3.05, 3.63) is 24.3 Å². The number of para-hydroxylation sites is 1. The summed E-state index contributed by atoms with van der Waals surface area (Å²) >= 11 is 8.01. The van der Waals surface area contributed by atoms with E-state index in [1.54, 1.807) is 6.07 Å². The summed E-state index contributed by atoms with van der Waals surface area (Å²) in [6.07, 6.45) is 0. The van der Waals surface area contributed by atoms with Gasteiger partial charge in [-0.25, -0.2) is 0 Å². The van der Waals surface area contributed by atoms with E-state index >= 15 is 0 Å². The molecule has 1 rings (SSSR count). The Hall–Kier alpha value is -0.610. The fourth-order valence-electron chi connectivity index (χ4n) is 0.769. The number of anilines is 1. The summed E-state index contributed by atoms with van der Waals surface area (Å²) in [5.41, 5.74) is 0.722. The van der Waals surface area contributed by atoms with Gasteiger partial charge in [0.1, 0.15) is 0 Å². The first-order valence-electron chi connectivity index (χ1n) is 3.42. The molecule has 12 heavy (non-hydrogen) atoms. The molecule has 0 radical (unpaired) electrons. The molecule has 0 aromatic heterocycles. The number of hydrogen-bond donors (Lipinski definition) is 3. The van der Waals surface area contributed by atoms with Gasteiger partial charge in [0.05, 0.1) is 11.4 Å². The van der Waals surface area contributed by atoms with Gasteiger partial charge in [-0.2, -0.15) is 12.6 Å². The average Bonchev–Trinajstić information content (AvgIpc) is 2.09. The molecule has 0 unspecified atom stereocenters. The Bertz CT molecular complexity index is 288. The number of nitrogens with one attached hydrogen (secondary N) is 1. The summed E-state index contributed by atoms with van der Waals surface area (Å²) in [6.45, 7) is 0. The number of rotatable bonds is 2. The molecule has 2 nitrogen and oxygen atoms in total. The molecule has 0 aliphatic rings. The zero-order valence-electron chi connectivity index (χ0n) is 6.32. The Labute approximate surface area is 82.2 Å². The van der Waals surface area contributed by atoms with Gasteiger partial charge in [-0.3, -0.25) is 4.79 Å². The predicted molar refractivity (Wildman–Crippen MR) is 56.2 cm³/mol. The highest BCUT2D eigenvalue weighted by atomic mass is 32.1. The lowest BCUT2D eigenvalue weighted by atomic mass is 10.3. The minimum atomic E-state index is -0.125. The van der Waals surface area contributed by atoms with Gasteiger partial charge in [0.15, 0.2) is 0 Å². The van der Waals surface area contributed by atoms with Gasteiger partial charge in [0.2, 0.25) is 5.91 Å². The fourth-order valence-corrected chi connectivity index (χ4v) is 1.06. The van der Waals surface area contributed by atoms with Crippen LogP contribution in [0.15, 0.2) is 29.2 Å². The van der Waals surface area contributed by atoms with E-state index in [4.69, 9.17) is 0 Å². The van der Waals surface area contributed by atoms with Gasteiger partial charge in [-0.1, -0.05) is 12.1 Å². The topological polar surface area (TPSA) is 29.1 Å². The van der Waals surface area contributed by atoms with Gasteiger partial charge in [0, 0.05) is 4.90 Å². The van der Waals surface area contributed by atoms with Crippen LogP contribution in [-0.4, -0.2) is 11.7 Å². The lowest BCUT2D eigenvalue weighted by molar-refractivity contribution is -0.113. The van der Waals surface area contributed by atoms with Crippen molar-refractivity contribution in [2.75, 3.05) is 11.1 Å². The van der Waals surface area contributed by atoms with Crippen LogP contribution in [0.1, 0.15) is 0 Å². The summed E-state index contributed by atoms with van der Waals surface area (Å²) in [5, 5.41) is 2.67. The van der Waals surface area contributed by atoms with Crippen LogP contribution in [0.3, 0.4) is 0 Å². The summed E-state index contributed by atoms with van der Waals surface area (Å²) in [4.78, 5) is 11.7. The standard InChI is InChI=1S/C8H9NOS2/c10-8(5-11)9-6-3-1-2-4-7(6)12/h1-4,11-12H,5H2,(H,9,10). The smallest absolute Gasteiger partial charge is 0.234 e. The van der Waals surface area contributed by atoms with Crippen molar-refractivity contribution in [3.8, 4) is 0 Å². The highest BCUT2D eigenvalue weighted by molar-refractivity contribution is 7.81. The number of benzene rings is 1. The molecule has 4 heteroatoms. The molecule has 0 atom stereocenters. The Morgan fingerprint density at radius 1 is 1.42 bits per heavy atom. The van der Waals surface area contributed by atoms with Crippen LogP contribution in [-0.2, 0) is 4.79 Å². The largest absolute Gasteiger partial charge is 0.324 e. The molecule has 0 aliphatic carbocycles. The molecule has 1 amide bonds. The first kappa shape index (κ1) is 9.48. The first-order chi connectivity index (χ1) is 5.74. The zero-order chi connectivity index (χ0) is 8.97. The predicted octanol–water partition coefficient (Wildman–Crippen LogP) is 1.84. The van der Waals surface area contributed by atoms with E-state index in [0.717, 1.165) is 10.6 Å². The monoisotopic (exact) mass is 199 g/mol. The van der Waals surface area contributed by atoms with E-state index < -0.39 is 0 Å². The second-order valence-electron chi connectivity index (χ2n) is 2.22. The van der Waals surface area contributed by atoms with Crippen molar-refractivity contribution >= 4 is 36.9 Å². The van der Waals surface area contributed by atoms with Gasteiger partial charge in [-0.05, 0) is 12.1 Å². The third-order valence-corrected chi connectivity index (χ3v) is 2.00. The van der Waals surface area contributed by atoms with E-state index in [1.165, 1.54) is 0 Å². The lowest BCUT2D eigenvalue weighted by Gasteiger charge is -2.04. The van der Waals surface area contributed by atoms with Crippen LogP contribution < -0.4 is 5.32 Å². The van der Waals surface area contributed by atoms with E-state index in [2.05, 4.69) is 30.6 Å². The number of carbonyl (C=O) groups is 1. The molecule has 1 aromatic rings. The number of hydrogen-bond acceptors (Lipinski definition) is 3. The minimum absolute atomic E-state index is 0.125. The maximum Gasteiger partial charge on any atom is 0.234 e. The number of amides is 1. The molecule has 0 heterocycles.